The first-order chi connectivity index (χ1) is 13.1. The summed E-state index contributed by atoms with van der Waals surface area (Å²) in [4.78, 5) is 25.3. The summed E-state index contributed by atoms with van der Waals surface area (Å²) < 4.78 is 41.8. The summed E-state index contributed by atoms with van der Waals surface area (Å²) in [6.45, 7) is -1.29. The highest BCUT2D eigenvalue weighted by molar-refractivity contribution is 6.30. The number of rotatable bonds is 7. The van der Waals surface area contributed by atoms with Crippen LogP contribution in [0.2, 0.25) is 5.02 Å². The molecule has 28 heavy (non-hydrogen) atoms. The summed E-state index contributed by atoms with van der Waals surface area (Å²) in [5.41, 5.74) is 0.822. The van der Waals surface area contributed by atoms with E-state index in [2.05, 4.69) is 0 Å². The van der Waals surface area contributed by atoms with Crippen LogP contribution in [0.1, 0.15) is 15.9 Å². The topological polar surface area (TPSA) is 58.6 Å². The number of nitrogens with zero attached hydrogens (tertiary/aromatic N) is 1. The Morgan fingerprint density at radius 2 is 1.68 bits per heavy atom. The van der Waals surface area contributed by atoms with Crippen LogP contribution in [-0.4, -0.2) is 43.1 Å². The van der Waals surface area contributed by atoms with E-state index < -0.39 is 18.6 Å². The zero-order valence-electron chi connectivity index (χ0n) is 14.9. The zero-order chi connectivity index (χ0) is 20.7. The number of nitrogens with one attached hydrogen (secondary N) is 1. The minimum absolute atomic E-state index is 0.105. The first kappa shape index (κ1) is 21.6. The second kappa shape index (κ2) is 9.45. The standard InChI is InChI=1S/C19H18ClF3N2O3/c1-25(17(26)11-28-16-8-6-15(20)7-9-16)10-13-2-4-14(5-3-13)18(27)24-12-19(21,22)23/h2-9H,10-12H2,1H3,(H,24,27). The number of benzene rings is 2. The van der Waals surface area contributed by atoms with Gasteiger partial charge in [0.1, 0.15) is 12.3 Å². The van der Waals surface area contributed by atoms with Crippen molar-refractivity contribution in [2.45, 2.75) is 12.7 Å². The van der Waals surface area contributed by atoms with Crippen LogP contribution < -0.4 is 10.1 Å². The lowest BCUT2D eigenvalue weighted by Gasteiger charge is -2.18. The quantitative estimate of drug-likeness (QED) is 0.752. The van der Waals surface area contributed by atoms with E-state index in [-0.39, 0.29) is 24.6 Å². The Kier molecular flexibility index (Phi) is 7.28. The van der Waals surface area contributed by atoms with Gasteiger partial charge in [-0.05, 0) is 42.0 Å². The number of ether oxygens (including phenoxy) is 1. The molecule has 0 unspecified atom stereocenters. The SMILES string of the molecule is CN(Cc1ccc(C(=O)NCC(F)(F)F)cc1)C(=O)COc1ccc(Cl)cc1. The Morgan fingerprint density at radius 1 is 1.07 bits per heavy atom. The fraction of sp³-hybridized carbons (Fsp3) is 0.263. The smallest absolute Gasteiger partial charge is 0.405 e. The van der Waals surface area contributed by atoms with Crippen LogP contribution in [-0.2, 0) is 11.3 Å². The Bertz CT molecular complexity index is 809. The minimum atomic E-state index is -4.47. The molecule has 1 N–H and O–H groups in total. The molecule has 9 heteroatoms. The molecule has 0 saturated heterocycles. The molecule has 0 atom stereocenters. The number of halogens is 4. The van der Waals surface area contributed by atoms with E-state index >= 15 is 0 Å². The highest BCUT2D eigenvalue weighted by Gasteiger charge is 2.27. The molecule has 2 aromatic rings. The lowest BCUT2D eigenvalue weighted by molar-refractivity contribution is -0.132. The maximum atomic E-state index is 12.1. The van der Waals surface area contributed by atoms with Gasteiger partial charge in [0.25, 0.3) is 11.8 Å². The number of hydrogen-bond acceptors (Lipinski definition) is 3. The molecule has 0 radical (unpaired) electrons. The van der Waals surface area contributed by atoms with Gasteiger partial charge in [0, 0.05) is 24.2 Å². The van der Waals surface area contributed by atoms with E-state index in [4.69, 9.17) is 16.3 Å². The van der Waals surface area contributed by atoms with Gasteiger partial charge in [-0.15, -0.1) is 0 Å². The molecule has 0 bridgehead atoms. The molecular formula is C19H18ClF3N2O3. The molecular weight excluding hydrogens is 397 g/mol. The predicted octanol–water partition coefficient (Wildman–Crippen LogP) is 3.67. The summed E-state index contributed by atoms with van der Waals surface area (Å²) in [5.74, 6) is -0.563. The number of amides is 2. The third kappa shape index (κ3) is 7.11. The molecule has 0 aliphatic rings. The van der Waals surface area contributed by atoms with E-state index in [9.17, 15) is 22.8 Å². The molecule has 0 fully saturated rings. The van der Waals surface area contributed by atoms with Gasteiger partial charge in [0.15, 0.2) is 6.61 Å². The van der Waals surface area contributed by atoms with E-state index in [1.807, 2.05) is 0 Å². The predicted molar refractivity (Wildman–Crippen MR) is 98.3 cm³/mol. The summed E-state index contributed by atoms with van der Waals surface area (Å²) in [7, 11) is 1.59. The number of hydrogen-bond donors (Lipinski definition) is 1. The van der Waals surface area contributed by atoms with Crippen molar-refractivity contribution in [3.05, 3.63) is 64.7 Å². The average Bonchev–Trinajstić information content (AvgIpc) is 2.65. The highest BCUT2D eigenvalue weighted by Crippen LogP contribution is 2.16. The van der Waals surface area contributed by atoms with Crippen molar-refractivity contribution in [1.29, 1.82) is 0 Å². The van der Waals surface area contributed by atoms with E-state index in [1.54, 1.807) is 48.8 Å². The molecule has 5 nitrogen and oxygen atoms in total. The van der Waals surface area contributed by atoms with Crippen molar-refractivity contribution in [2.75, 3.05) is 20.2 Å². The second-order valence-electron chi connectivity index (χ2n) is 5.99. The first-order valence-corrected chi connectivity index (χ1v) is 8.58. The largest absolute Gasteiger partial charge is 0.484 e. The number of alkyl halides is 3. The Morgan fingerprint density at radius 3 is 2.25 bits per heavy atom. The fourth-order valence-electron chi connectivity index (χ4n) is 2.19. The van der Waals surface area contributed by atoms with Crippen molar-refractivity contribution >= 4 is 23.4 Å². The average molecular weight is 415 g/mol. The third-order valence-electron chi connectivity index (χ3n) is 3.69. The Labute approximate surface area is 165 Å². The van der Waals surface area contributed by atoms with Crippen LogP contribution in [0.4, 0.5) is 13.2 Å². The number of likely N-dealkylation sites (N-methyl/N-ethyl adjacent to an activating group) is 1. The molecule has 0 aromatic heterocycles. The van der Waals surface area contributed by atoms with Crippen LogP contribution >= 0.6 is 11.6 Å². The minimum Gasteiger partial charge on any atom is -0.484 e. The van der Waals surface area contributed by atoms with E-state index in [1.165, 1.54) is 17.0 Å². The molecule has 0 aliphatic heterocycles. The normalized spacial score (nSPS) is 11.0. The molecule has 0 spiro atoms. The van der Waals surface area contributed by atoms with Crippen molar-refractivity contribution in [3.63, 3.8) is 0 Å². The summed E-state index contributed by atoms with van der Waals surface area (Å²) in [6, 6.07) is 12.6. The van der Waals surface area contributed by atoms with Gasteiger partial charge >= 0.3 is 6.18 Å². The van der Waals surface area contributed by atoms with Crippen molar-refractivity contribution in [1.82, 2.24) is 10.2 Å². The fourth-order valence-corrected chi connectivity index (χ4v) is 2.32. The van der Waals surface area contributed by atoms with Crippen molar-refractivity contribution in [3.8, 4) is 5.75 Å². The molecule has 0 saturated carbocycles. The number of carbonyl (C=O) groups is 2. The van der Waals surface area contributed by atoms with Gasteiger partial charge in [-0.1, -0.05) is 23.7 Å². The van der Waals surface area contributed by atoms with Crippen LogP contribution in [0.25, 0.3) is 0 Å². The number of carbonyl (C=O) groups excluding carboxylic acids is 2. The summed E-state index contributed by atoms with van der Waals surface area (Å²) >= 11 is 5.78. The monoisotopic (exact) mass is 414 g/mol. The lowest BCUT2D eigenvalue weighted by Crippen LogP contribution is -2.33. The third-order valence-corrected chi connectivity index (χ3v) is 3.94. The maximum Gasteiger partial charge on any atom is 0.405 e. The molecule has 150 valence electrons. The van der Waals surface area contributed by atoms with Gasteiger partial charge in [-0.25, -0.2) is 0 Å². The summed E-state index contributed by atoms with van der Waals surface area (Å²) in [5, 5.41) is 2.36. The molecule has 0 heterocycles. The van der Waals surface area contributed by atoms with Crippen molar-refractivity contribution < 1.29 is 27.5 Å². The molecule has 0 aliphatic carbocycles. The van der Waals surface area contributed by atoms with Gasteiger partial charge in [0.05, 0.1) is 0 Å². The summed E-state index contributed by atoms with van der Waals surface area (Å²) in [6.07, 6.45) is -4.47. The van der Waals surface area contributed by atoms with Gasteiger partial charge in [0.2, 0.25) is 0 Å². The molecule has 2 amide bonds. The van der Waals surface area contributed by atoms with E-state index in [0.717, 1.165) is 5.56 Å². The molecule has 2 aromatic carbocycles. The highest BCUT2D eigenvalue weighted by atomic mass is 35.5. The Balaban J connectivity index is 1.84. The van der Waals surface area contributed by atoms with Gasteiger partial charge in [-0.2, -0.15) is 13.2 Å². The van der Waals surface area contributed by atoms with Gasteiger partial charge in [-0.3, -0.25) is 9.59 Å². The van der Waals surface area contributed by atoms with Gasteiger partial charge < -0.3 is 15.0 Å². The first-order valence-electron chi connectivity index (χ1n) is 8.20. The zero-order valence-corrected chi connectivity index (χ0v) is 15.7. The van der Waals surface area contributed by atoms with Crippen LogP contribution in [0.15, 0.2) is 48.5 Å². The van der Waals surface area contributed by atoms with Crippen LogP contribution in [0.3, 0.4) is 0 Å². The lowest BCUT2D eigenvalue weighted by atomic mass is 10.1. The van der Waals surface area contributed by atoms with Crippen LogP contribution in [0.5, 0.6) is 5.75 Å². The molecule has 2 rings (SSSR count). The second-order valence-corrected chi connectivity index (χ2v) is 6.42. The Hall–Kier alpha value is -2.74. The maximum absolute atomic E-state index is 12.1. The van der Waals surface area contributed by atoms with Crippen molar-refractivity contribution in [2.24, 2.45) is 0 Å². The van der Waals surface area contributed by atoms with E-state index in [0.29, 0.717) is 10.8 Å². The van der Waals surface area contributed by atoms with Crippen LogP contribution in [0, 0.1) is 0 Å².